The van der Waals surface area contributed by atoms with Crippen molar-refractivity contribution in [3.63, 3.8) is 0 Å². The number of nitrogens with two attached hydrogens (primary N) is 1. The van der Waals surface area contributed by atoms with Crippen LogP contribution in [-0.4, -0.2) is 41.5 Å². The summed E-state index contributed by atoms with van der Waals surface area (Å²) in [5.41, 5.74) is 5.67. The van der Waals surface area contributed by atoms with Crippen LogP contribution in [0.25, 0.3) is 0 Å². The summed E-state index contributed by atoms with van der Waals surface area (Å²) < 4.78 is 0. The minimum absolute atomic E-state index is 0.432. The van der Waals surface area contributed by atoms with Gasteiger partial charge in [-0.05, 0) is 56.8 Å². The Kier molecular flexibility index (Phi) is 4.93. The molecule has 120 valence electrons. The Balaban J connectivity index is 1.42. The van der Waals surface area contributed by atoms with Gasteiger partial charge in [-0.15, -0.1) is 0 Å². The van der Waals surface area contributed by atoms with Crippen LogP contribution in [0.1, 0.15) is 48.9 Å². The number of piperidine rings is 1. The second-order valence-corrected chi connectivity index (χ2v) is 6.59. The molecular formula is C17H26N4O. The number of carbonyl (C=O) groups is 1. The molecule has 1 saturated carbocycles. The van der Waals surface area contributed by atoms with Crippen molar-refractivity contribution in [1.82, 2.24) is 9.88 Å². The highest BCUT2D eigenvalue weighted by Gasteiger charge is 2.26. The Bertz CT molecular complexity index is 488. The average molecular weight is 302 g/mol. The largest absolute Gasteiger partial charge is 0.370 e. The molecule has 1 amide bonds. The van der Waals surface area contributed by atoms with E-state index in [0.717, 1.165) is 24.3 Å². The Morgan fingerprint density at radius 1 is 1.23 bits per heavy atom. The van der Waals surface area contributed by atoms with E-state index in [1.807, 2.05) is 6.07 Å². The number of nitrogens with one attached hydrogen (secondary N) is 1. The van der Waals surface area contributed by atoms with Gasteiger partial charge in [-0.25, -0.2) is 4.98 Å². The summed E-state index contributed by atoms with van der Waals surface area (Å²) in [7, 11) is 0. The van der Waals surface area contributed by atoms with Crippen LogP contribution in [0.4, 0.5) is 5.82 Å². The second kappa shape index (κ2) is 7.09. The van der Waals surface area contributed by atoms with Gasteiger partial charge in [0.1, 0.15) is 5.82 Å². The van der Waals surface area contributed by atoms with E-state index in [4.69, 9.17) is 5.73 Å². The molecular weight excluding hydrogens is 276 g/mol. The lowest BCUT2D eigenvalue weighted by atomic mass is 9.95. The molecule has 2 aliphatic rings. The molecule has 22 heavy (non-hydrogen) atoms. The monoisotopic (exact) mass is 302 g/mol. The van der Waals surface area contributed by atoms with Gasteiger partial charge >= 0.3 is 0 Å². The van der Waals surface area contributed by atoms with Crippen LogP contribution < -0.4 is 11.1 Å². The van der Waals surface area contributed by atoms with Crippen molar-refractivity contribution in [3.05, 3.63) is 23.9 Å². The smallest absolute Gasteiger partial charge is 0.250 e. The Morgan fingerprint density at radius 3 is 2.55 bits per heavy atom. The first kappa shape index (κ1) is 15.3. The highest BCUT2D eigenvalue weighted by atomic mass is 16.1. The maximum Gasteiger partial charge on any atom is 0.250 e. The molecule has 5 nitrogen and oxygen atoms in total. The van der Waals surface area contributed by atoms with Crippen molar-refractivity contribution < 1.29 is 4.79 Å². The van der Waals surface area contributed by atoms with Crippen molar-refractivity contribution in [2.24, 2.45) is 11.7 Å². The summed E-state index contributed by atoms with van der Waals surface area (Å²) in [6, 6.07) is 4.41. The van der Waals surface area contributed by atoms with Gasteiger partial charge < -0.3 is 16.0 Å². The van der Waals surface area contributed by atoms with Crippen LogP contribution in [0, 0.1) is 5.92 Å². The van der Waals surface area contributed by atoms with Gasteiger partial charge in [-0.2, -0.15) is 0 Å². The van der Waals surface area contributed by atoms with Gasteiger partial charge in [0.15, 0.2) is 0 Å². The van der Waals surface area contributed by atoms with Crippen LogP contribution in [0.5, 0.6) is 0 Å². The van der Waals surface area contributed by atoms with Crippen LogP contribution in [-0.2, 0) is 0 Å². The van der Waals surface area contributed by atoms with Crippen LogP contribution in [0.2, 0.25) is 0 Å². The fourth-order valence-electron chi connectivity index (χ4n) is 3.68. The first-order valence-electron chi connectivity index (χ1n) is 8.46. The van der Waals surface area contributed by atoms with Crippen LogP contribution in [0.15, 0.2) is 18.3 Å². The molecule has 1 aliphatic heterocycles. The van der Waals surface area contributed by atoms with Gasteiger partial charge in [-0.3, -0.25) is 4.79 Å². The van der Waals surface area contributed by atoms with Crippen LogP contribution >= 0.6 is 0 Å². The number of anilines is 1. The van der Waals surface area contributed by atoms with Gasteiger partial charge in [0.05, 0.1) is 5.56 Å². The summed E-state index contributed by atoms with van der Waals surface area (Å²) in [5, 5.41) is 3.38. The average Bonchev–Trinajstić information content (AvgIpc) is 3.08. The third kappa shape index (κ3) is 3.77. The SMILES string of the molecule is NC(=O)c1ccc(NCC2CCN(C3CCCC3)CC2)nc1. The minimum atomic E-state index is -0.432. The zero-order valence-electron chi connectivity index (χ0n) is 13.1. The zero-order valence-corrected chi connectivity index (χ0v) is 13.1. The molecule has 1 aliphatic carbocycles. The van der Waals surface area contributed by atoms with E-state index in [0.29, 0.717) is 5.56 Å². The molecule has 3 N–H and O–H groups in total. The number of nitrogens with zero attached hydrogens (tertiary/aromatic N) is 2. The molecule has 3 rings (SSSR count). The van der Waals surface area contributed by atoms with Gasteiger partial charge in [0.2, 0.25) is 5.91 Å². The molecule has 5 heteroatoms. The van der Waals surface area contributed by atoms with Crippen molar-refractivity contribution in [3.8, 4) is 0 Å². The van der Waals surface area contributed by atoms with Crippen molar-refractivity contribution in [2.45, 2.75) is 44.6 Å². The summed E-state index contributed by atoms with van der Waals surface area (Å²) in [6.45, 7) is 3.44. The molecule has 0 spiro atoms. The predicted octanol–water partition coefficient (Wildman–Crippen LogP) is 2.25. The molecule has 0 aromatic carbocycles. The van der Waals surface area contributed by atoms with Crippen molar-refractivity contribution >= 4 is 11.7 Å². The Hall–Kier alpha value is -1.62. The normalized spacial score (nSPS) is 21.1. The van der Waals surface area contributed by atoms with E-state index >= 15 is 0 Å². The van der Waals surface area contributed by atoms with E-state index in [9.17, 15) is 4.79 Å². The first-order valence-corrected chi connectivity index (χ1v) is 8.46. The third-order valence-corrected chi connectivity index (χ3v) is 5.11. The fourth-order valence-corrected chi connectivity index (χ4v) is 3.68. The Morgan fingerprint density at radius 2 is 1.95 bits per heavy atom. The highest BCUT2D eigenvalue weighted by molar-refractivity contribution is 5.92. The zero-order chi connectivity index (χ0) is 15.4. The first-order chi connectivity index (χ1) is 10.7. The number of primary amides is 1. The van der Waals surface area contributed by atoms with Crippen molar-refractivity contribution in [2.75, 3.05) is 25.0 Å². The number of carbonyl (C=O) groups excluding carboxylic acids is 1. The maximum absolute atomic E-state index is 11.0. The number of pyridine rings is 1. The molecule has 1 aromatic rings. The van der Waals surface area contributed by atoms with E-state index in [2.05, 4.69) is 15.2 Å². The predicted molar refractivity (Wildman–Crippen MR) is 87.8 cm³/mol. The second-order valence-electron chi connectivity index (χ2n) is 6.59. The summed E-state index contributed by atoms with van der Waals surface area (Å²) in [5.74, 6) is 1.11. The van der Waals surface area contributed by atoms with E-state index < -0.39 is 5.91 Å². The van der Waals surface area contributed by atoms with Crippen molar-refractivity contribution in [1.29, 1.82) is 0 Å². The summed E-state index contributed by atoms with van der Waals surface area (Å²) in [4.78, 5) is 18.0. The number of hydrogen-bond donors (Lipinski definition) is 2. The van der Waals surface area contributed by atoms with E-state index in [1.54, 1.807) is 6.07 Å². The highest BCUT2D eigenvalue weighted by Crippen LogP contribution is 2.27. The third-order valence-electron chi connectivity index (χ3n) is 5.11. The lowest BCUT2D eigenvalue weighted by molar-refractivity contribution is 0.1000. The number of likely N-dealkylation sites (tertiary alicyclic amines) is 1. The summed E-state index contributed by atoms with van der Waals surface area (Å²) >= 11 is 0. The number of hydrogen-bond acceptors (Lipinski definition) is 4. The number of rotatable bonds is 5. The standard InChI is InChI=1S/C17H26N4O/c18-17(22)14-5-6-16(20-12-14)19-11-13-7-9-21(10-8-13)15-3-1-2-4-15/h5-6,12-13,15H,1-4,7-11H2,(H2,18,22)(H,19,20). The topological polar surface area (TPSA) is 71.2 Å². The van der Waals surface area contributed by atoms with Gasteiger partial charge in [0, 0.05) is 18.8 Å². The molecule has 1 saturated heterocycles. The quantitative estimate of drug-likeness (QED) is 0.875. The fraction of sp³-hybridized carbons (Fsp3) is 0.647. The lowest BCUT2D eigenvalue weighted by Crippen LogP contribution is -2.41. The van der Waals surface area contributed by atoms with E-state index in [1.165, 1.54) is 57.8 Å². The van der Waals surface area contributed by atoms with E-state index in [-0.39, 0.29) is 0 Å². The molecule has 2 fully saturated rings. The molecule has 0 atom stereocenters. The Labute approximate surface area is 132 Å². The van der Waals surface area contributed by atoms with Gasteiger partial charge in [0.25, 0.3) is 0 Å². The lowest BCUT2D eigenvalue weighted by Gasteiger charge is -2.36. The number of amides is 1. The molecule has 2 heterocycles. The number of aromatic nitrogens is 1. The summed E-state index contributed by atoms with van der Waals surface area (Å²) in [6.07, 6.45) is 9.70. The molecule has 0 unspecified atom stereocenters. The molecule has 1 aromatic heterocycles. The minimum Gasteiger partial charge on any atom is -0.370 e. The molecule has 0 bridgehead atoms. The van der Waals surface area contributed by atoms with Gasteiger partial charge in [-0.1, -0.05) is 12.8 Å². The maximum atomic E-state index is 11.0. The molecule has 0 radical (unpaired) electrons. The van der Waals surface area contributed by atoms with Crippen LogP contribution in [0.3, 0.4) is 0 Å².